The fourth-order valence-corrected chi connectivity index (χ4v) is 4.52. The van der Waals surface area contributed by atoms with Gasteiger partial charge < -0.3 is 5.32 Å². The number of carbonyl (C=O) groups excluding carboxylic acids is 1. The molecule has 2 saturated carbocycles. The van der Waals surface area contributed by atoms with Crippen molar-refractivity contribution in [1.29, 1.82) is 0 Å². The molecular weight excluding hydrogens is 234 g/mol. The van der Waals surface area contributed by atoms with Gasteiger partial charge >= 0.3 is 0 Å². The third-order valence-electron chi connectivity index (χ3n) is 5.62. The van der Waals surface area contributed by atoms with Crippen LogP contribution in [0.1, 0.15) is 77.6 Å². The lowest BCUT2D eigenvalue weighted by atomic mass is 9.67. The maximum absolute atomic E-state index is 12.6. The second-order valence-corrected chi connectivity index (χ2v) is 7.00. The molecule has 3 rings (SSSR count). The first kappa shape index (κ1) is 13.2. The third kappa shape index (κ3) is 2.46. The van der Waals surface area contributed by atoms with Crippen molar-refractivity contribution in [2.45, 2.75) is 77.6 Å². The van der Waals surface area contributed by atoms with Crippen LogP contribution < -0.4 is 5.32 Å². The number of rotatable bonds is 1. The fourth-order valence-electron chi connectivity index (χ4n) is 4.52. The minimum atomic E-state index is -0.0412. The summed E-state index contributed by atoms with van der Waals surface area (Å²) < 4.78 is 0. The number of carbonyl (C=O) groups is 1. The van der Waals surface area contributed by atoms with Crippen molar-refractivity contribution >= 4 is 5.91 Å². The smallest absolute Gasteiger partial charge is 0.230 e. The van der Waals surface area contributed by atoms with Gasteiger partial charge in [-0.25, -0.2) is 0 Å². The molecule has 0 unspecified atom stereocenters. The Morgan fingerprint density at radius 3 is 2.32 bits per heavy atom. The zero-order valence-corrected chi connectivity index (χ0v) is 12.3. The van der Waals surface area contributed by atoms with Crippen LogP contribution in [0.2, 0.25) is 0 Å². The van der Waals surface area contributed by atoms with E-state index in [-0.39, 0.29) is 5.41 Å². The van der Waals surface area contributed by atoms with Crippen LogP contribution in [0.15, 0.2) is 11.3 Å². The standard InChI is InChI=1S/C17H27NO/c1-13-12-17(10-6-3-7-11-17)16(19)18-15(13)14-8-4-2-5-9-14/h14H,2-12H2,1H3,(H,18,19). The van der Waals surface area contributed by atoms with Crippen molar-refractivity contribution in [3.63, 3.8) is 0 Å². The molecule has 2 nitrogen and oxygen atoms in total. The Bertz CT molecular complexity index is 384. The van der Waals surface area contributed by atoms with Gasteiger partial charge in [0.25, 0.3) is 0 Å². The molecule has 0 bridgehead atoms. The predicted octanol–water partition coefficient (Wildman–Crippen LogP) is 4.31. The topological polar surface area (TPSA) is 29.1 Å². The second-order valence-electron chi connectivity index (χ2n) is 7.00. The van der Waals surface area contributed by atoms with Crippen molar-refractivity contribution in [2.24, 2.45) is 11.3 Å². The SMILES string of the molecule is CC1=C(C2CCCCC2)NC(=O)C2(CCCCC2)C1. The maximum Gasteiger partial charge on any atom is 0.230 e. The van der Waals surface area contributed by atoms with Crippen LogP contribution in [0, 0.1) is 11.3 Å². The van der Waals surface area contributed by atoms with Crippen LogP contribution in [0.4, 0.5) is 0 Å². The van der Waals surface area contributed by atoms with Crippen LogP contribution in [0.5, 0.6) is 0 Å². The number of hydrogen-bond acceptors (Lipinski definition) is 1. The van der Waals surface area contributed by atoms with Crippen LogP contribution in [-0.4, -0.2) is 5.91 Å². The van der Waals surface area contributed by atoms with E-state index in [4.69, 9.17) is 0 Å². The van der Waals surface area contributed by atoms with E-state index < -0.39 is 0 Å². The lowest BCUT2D eigenvalue weighted by Crippen LogP contribution is -2.47. The van der Waals surface area contributed by atoms with Crippen molar-refractivity contribution < 1.29 is 4.79 Å². The van der Waals surface area contributed by atoms with Crippen molar-refractivity contribution in [3.8, 4) is 0 Å². The van der Waals surface area contributed by atoms with Gasteiger partial charge in [0.2, 0.25) is 5.91 Å². The Hall–Kier alpha value is -0.790. The first-order valence-corrected chi connectivity index (χ1v) is 8.22. The lowest BCUT2D eigenvalue weighted by molar-refractivity contribution is -0.133. The molecule has 1 amide bonds. The molecule has 0 aromatic carbocycles. The highest BCUT2D eigenvalue weighted by atomic mass is 16.2. The molecule has 2 fully saturated rings. The van der Waals surface area contributed by atoms with Crippen molar-refractivity contribution in [2.75, 3.05) is 0 Å². The van der Waals surface area contributed by atoms with E-state index in [1.54, 1.807) is 0 Å². The van der Waals surface area contributed by atoms with E-state index in [0.717, 1.165) is 19.3 Å². The predicted molar refractivity (Wildman–Crippen MR) is 77.6 cm³/mol. The number of nitrogens with one attached hydrogen (secondary N) is 1. The van der Waals surface area contributed by atoms with Gasteiger partial charge in [0, 0.05) is 5.70 Å². The van der Waals surface area contributed by atoms with Crippen molar-refractivity contribution in [1.82, 2.24) is 5.32 Å². The maximum atomic E-state index is 12.6. The van der Waals surface area contributed by atoms with Crippen LogP contribution in [0.3, 0.4) is 0 Å². The molecule has 1 spiro atoms. The fraction of sp³-hybridized carbons (Fsp3) is 0.824. The number of allylic oxidation sites excluding steroid dienone is 2. The Morgan fingerprint density at radius 2 is 1.63 bits per heavy atom. The highest BCUT2D eigenvalue weighted by Crippen LogP contribution is 2.46. The summed E-state index contributed by atoms with van der Waals surface area (Å²) in [6.45, 7) is 2.26. The van der Waals surface area contributed by atoms with Gasteiger partial charge in [0.1, 0.15) is 0 Å². The molecule has 1 N–H and O–H groups in total. The van der Waals surface area contributed by atoms with Gasteiger partial charge in [-0.1, -0.05) is 44.1 Å². The van der Waals surface area contributed by atoms with Crippen molar-refractivity contribution in [3.05, 3.63) is 11.3 Å². The third-order valence-corrected chi connectivity index (χ3v) is 5.62. The van der Waals surface area contributed by atoms with Crippen LogP contribution in [0.25, 0.3) is 0 Å². The molecule has 19 heavy (non-hydrogen) atoms. The summed E-state index contributed by atoms with van der Waals surface area (Å²) in [4.78, 5) is 12.6. The van der Waals surface area contributed by atoms with E-state index in [1.807, 2.05) is 0 Å². The highest BCUT2D eigenvalue weighted by molar-refractivity contribution is 5.86. The summed E-state index contributed by atoms with van der Waals surface area (Å²) in [5, 5.41) is 3.34. The molecule has 2 aliphatic carbocycles. The molecule has 0 aromatic heterocycles. The molecule has 0 aromatic rings. The van der Waals surface area contributed by atoms with E-state index in [0.29, 0.717) is 11.8 Å². The van der Waals surface area contributed by atoms with Gasteiger partial charge in [0.05, 0.1) is 5.41 Å². The first-order chi connectivity index (χ1) is 9.21. The van der Waals surface area contributed by atoms with Crippen LogP contribution in [-0.2, 0) is 4.79 Å². The second kappa shape index (κ2) is 5.30. The monoisotopic (exact) mass is 261 g/mol. The Morgan fingerprint density at radius 1 is 1.00 bits per heavy atom. The number of hydrogen-bond donors (Lipinski definition) is 1. The quantitative estimate of drug-likeness (QED) is 0.748. The molecule has 0 atom stereocenters. The minimum absolute atomic E-state index is 0.0412. The first-order valence-electron chi connectivity index (χ1n) is 8.22. The van der Waals surface area contributed by atoms with Gasteiger partial charge in [-0.05, 0) is 44.9 Å². The highest BCUT2D eigenvalue weighted by Gasteiger charge is 2.43. The Kier molecular flexibility index (Phi) is 3.68. The van der Waals surface area contributed by atoms with E-state index in [9.17, 15) is 4.79 Å². The van der Waals surface area contributed by atoms with E-state index in [2.05, 4.69) is 12.2 Å². The normalized spacial score (nSPS) is 28.6. The van der Waals surface area contributed by atoms with Crippen LogP contribution >= 0.6 is 0 Å². The largest absolute Gasteiger partial charge is 0.329 e. The summed E-state index contributed by atoms with van der Waals surface area (Å²) in [5.41, 5.74) is 2.75. The van der Waals surface area contributed by atoms with Gasteiger partial charge in [0.15, 0.2) is 0 Å². The zero-order chi connectivity index (χ0) is 13.3. The molecule has 3 aliphatic rings. The summed E-state index contributed by atoms with van der Waals surface area (Å²) in [6, 6.07) is 0. The van der Waals surface area contributed by atoms with Gasteiger partial charge in [-0.15, -0.1) is 0 Å². The molecule has 1 aliphatic heterocycles. The number of amides is 1. The van der Waals surface area contributed by atoms with E-state index >= 15 is 0 Å². The lowest BCUT2D eigenvalue weighted by Gasteiger charge is -2.42. The molecule has 0 saturated heterocycles. The average molecular weight is 261 g/mol. The summed E-state index contributed by atoms with van der Waals surface area (Å²) in [5.74, 6) is 0.983. The summed E-state index contributed by atoms with van der Waals surface area (Å²) >= 11 is 0. The Labute approximate surface area is 117 Å². The average Bonchev–Trinajstić information content (AvgIpc) is 2.45. The minimum Gasteiger partial charge on any atom is -0.329 e. The summed E-state index contributed by atoms with van der Waals surface area (Å²) in [7, 11) is 0. The molecule has 2 heteroatoms. The molecule has 0 radical (unpaired) electrons. The molecular formula is C17H27NO. The van der Waals surface area contributed by atoms with Gasteiger partial charge in [-0.3, -0.25) is 4.79 Å². The summed E-state index contributed by atoms with van der Waals surface area (Å²) in [6.07, 6.45) is 13.6. The van der Waals surface area contributed by atoms with E-state index in [1.165, 1.54) is 62.6 Å². The molecule has 1 heterocycles. The zero-order valence-electron chi connectivity index (χ0n) is 12.3. The molecule has 106 valence electrons. The Balaban J connectivity index is 1.79. The van der Waals surface area contributed by atoms with Gasteiger partial charge in [-0.2, -0.15) is 0 Å².